The van der Waals surface area contributed by atoms with Gasteiger partial charge in [0.2, 0.25) is 5.88 Å². The normalized spacial score (nSPS) is 17.6. The van der Waals surface area contributed by atoms with Crippen LogP contribution in [0.3, 0.4) is 0 Å². The van der Waals surface area contributed by atoms with Crippen LogP contribution in [0.25, 0.3) is 11.1 Å². The van der Waals surface area contributed by atoms with Crippen LogP contribution in [0.5, 0.6) is 5.75 Å². The van der Waals surface area contributed by atoms with E-state index in [-0.39, 0.29) is 5.41 Å². The molecule has 1 aliphatic carbocycles. The Morgan fingerprint density at radius 3 is 2.62 bits per heavy atom. The van der Waals surface area contributed by atoms with Crippen LogP contribution in [-0.4, -0.2) is 12.3 Å². The molecule has 0 spiro atoms. The number of methoxy groups -OCH3 is 1. The van der Waals surface area contributed by atoms with Gasteiger partial charge in [-0.15, -0.1) is 0 Å². The molecule has 0 saturated heterocycles. The topological polar surface area (TPSA) is 61.3 Å². The number of aromatic nitrogens is 1. The van der Waals surface area contributed by atoms with Crippen molar-refractivity contribution in [2.75, 3.05) is 12.8 Å². The number of rotatable bonds is 3. The first-order valence-corrected chi connectivity index (χ1v) is 7.55. The third kappa shape index (κ3) is 2.39. The second-order valence-electron chi connectivity index (χ2n) is 6.09. The van der Waals surface area contributed by atoms with Crippen molar-refractivity contribution in [3.63, 3.8) is 0 Å². The van der Waals surface area contributed by atoms with Crippen LogP contribution < -0.4 is 10.5 Å². The number of anilines is 1. The standard InChI is InChI=1S/C17H22N2O2/c1-17(10-6-3-7-11-17)15-14(16(18)21-19-15)12-8-4-5-9-13(12)20-2/h4-5,8-9H,3,6-7,10-11,18H2,1-2H3. The lowest BCUT2D eigenvalue weighted by Gasteiger charge is -2.32. The predicted molar refractivity (Wildman–Crippen MR) is 83.3 cm³/mol. The van der Waals surface area contributed by atoms with Crippen LogP contribution in [0.1, 0.15) is 44.7 Å². The first kappa shape index (κ1) is 14.0. The van der Waals surface area contributed by atoms with Crippen LogP contribution in [0, 0.1) is 0 Å². The molecule has 4 nitrogen and oxygen atoms in total. The molecule has 0 radical (unpaired) electrons. The fraction of sp³-hybridized carbons (Fsp3) is 0.471. The molecule has 0 unspecified atom stereocenters. The molecule has 1 heterocycles. The third-order valence-electron chi connectivity index (χ3n) is 4.62. The van der Waals surface area contributed by atoms with E-state index < -0.39 is 0 Å². The highest BCUT2D eigenvalue weighted by molar-refractivity contribution is 5.80. The predicted octanol–water partition coefficient (Wildman–Crippen LogP) is 4.15. The maximum atomic E-state index is 6.08. The Balaban J connectivity index is 2.13. The lowest BCUT2D eigenvalue weighted by molar-refractivity contribution is 0.295. The van der Waals surface area contributed by atoms with Crippen molar-refractivity contribution in [2.45, 2.75) is 44.4 Å². The number of para-hydroxylation sites is 1. The van der Waals surface area contributed by atoms with Gasteiger partial charge in [0, 0.05) is 11.0 Å². The Kier molecular flexibility index (Phi) is 3.62. The molecular formula is C17H22N2O2. The van der Waals surface area contributed by atoms with Gasteiger partial charge in [0.05, 0.1) is 18.4 Å². The number of nitrogens with two attached hydrogens (primary N) is 1. The molecule has 0 atom stereocenters. The van der Waals surface area contributed by atoms with Crippen LogP contribution in [0.4, 0.5) is 5.88 Å². The Bertz CT molecular complexity index is 627. The molecule has 4 heteroatoms. The summed E-state index contributed by atoms with van der Waals surface area (Å²) in [5.74, 6) is 1.18. The Morgan fingerprint density at radius 2 is 1.90 bits per heavy atom. The van der Waals surface area contributed by atoms with Gasteiger partial charge < -0.3 is 15.0 Å². The van der Waals surface area contributed by atoms with E-state index in [1.54, 1.807) is 7.11 Å². The minimum atomic E-state index is 0.0373. The van der Waals surface area contributed by atoms with Gasteiger partial charge in [-0.05, 0) is 18.9 Å². The minimum Gasteiger partial charge on any atom is -0.496 e. The van der Waals surface area contributed by atoms with Gasteiger partial charge in [-0.3, -0.25) is 0 Å². The molecule has 1 aromatic heterocycles. The van der Waals surface area contributed by atoms with Gasteiger partial charge in [-0.2, -0.15) is 0 Å². The summed E-state index contributed by atoms with van der Waals surface area (Å²) in [5.41, 5.74) is 8.95. The minimum absolute atomic E-state index is 0.0373. The summed E-state index contributed by atoms with van der Waals surface area (Å²) in [6.45, 7) is 2.27. The van der Waals surface area contributed by atoms with Gasteiger partial charge in [0.25, 0.3) is 0 Å². The van der Waals surface area contributed by atoms with Gasteiger partial charge in [0.1, 0.15) is 5.75 Å². The zero-order valence-corrected chi connectivity index (χ0v) is 12.7. The van der Waals surface area contributed by atoms with Crippen molar-refractivity contribution in [1.82, 2.24) is 5.16 Å². The van der Waals surface area contributed by atoms with Gasteiger partial charge in [0.15, 0.2) is 0 Å². The molecule has 1 fully saturated rings. The second kappa shape index (κ2) is 5.43. The fourth-order valence-electron chi connectivity index (χ4n) is 3.40. The summed E-state index contributed by atoms with van der Waals surface area (Å²) >= 11 is 0. The zero-order chi connectivity index (χ0) is 14.9. The number of hydrogen-bond acceptors (Lipinski definition) is 4. The second-order valence-corrected chi connectivity index (χ2v) is 6.09. The van der Waals surface area contributed by atoms with E-state index in [9.17, 15) is 0 Å². The largest absolute Gasteiger partial charge is 0.496 e. The molecule has 2 aromatic rings. The summed E-state index contributed by atoms with van der Waals surface area (Å²) in [4.78, 5) is 0. The molecule has 1 aliphatic rings. The molecule has 21 heavy (non-hydrogen) atoms. The van der Waals surface area contributed by atoms with Crippen molar-refractivity contribution in [3.05, 3.63) is 30.0 Å². The van der Waals surface area contributed by atoms with E-state index in [1.165, 1.54) is 19.3 Å². The third-order valence-corrected chi connectivity index (χ3v) is 4.62. The number of hydrogen-bond donors (Lipinski definition) is 1. The molecule has 1 aromatic carbocycles. The maximum Gasteiger partial charge on any atom is 0.230 e. The Labute approximate surface area is 125 Å². The van der Waals surface area contributed by atoms with Crippen LogP contribution in [-0.2, 0) is 5.41 Å². The average Bonchev–Trinajstić information content (AvgIpc) is 2.90. The number of benzene rings is 1. The van der Waals surface area contributed by atoms with Crippen LogP contribution in [0.2, 0.25) is 0 Å². The van der Waals surface area contributed by atoms with Crippen molar-refractivity contribution in [2.24, 2.45) is 0 Å². The first-order valence-electron chi connectivity index (χ1n) is 7.55. The summed E-state index contributed by atoms with van der Waals surface area (Å²) in [6.07, 6.45) is 6.01. The van der Waals surface area contributed by atoms with E-state index in [1.807, 2.05) is 24.3 Å². The van der Waals surface area contributed by atoms with Crippen molar-refractivity contribution >= 4 is 5.88 Å². The zero-order valence-electron chi connectivity index (χ0n) is 12.7. The molecule has 1 saturated carbocycles. The average molecular weight is 286 g/mol. The molecule has 0 amide bonds. The van der Waals surface area contributed by atoms with Crippen molar-refractivity contribution in [3.8, 4) is 16.9 Å². The first-order chi connectivity index (χ1) is 10.2. The molecular weight excluding hydrogens is 264 g/mol. The summed E-state index contributed by atoms with van der Waals surface area (Å²) < 4.78 is 10.8. The quantitative estimate of drug-likeness (QED) is 0.920. The van der Waals surface area contributed by atoms with E-state index >= 15 is 0 Å². The highest BCUT2D eigenvalue weighted by atomic mass is 16.5. The van der Waals surface area contributed by atoms with E-state index in [4.69, 9.17) is 15.0 Å². The van der Waals surface area contributed by atoms with Crippen LogP contribution in [0.15, 0.2) is 28.8 Å². The molecule has 112 valence electrons. The number of ether oxygens (including phenoxy) is 1. The smallest absolute Gasteiger partial charge is 0.230 e. The van der Waals surface area contributed by atoms with E-state index in [2.05, 4.69) is 12.1 Å². The Hall–Kier alpha value is -1.97. The van der Waals surface area contributed by atoms with Crippen molar-refractivity contribution < 1.29 is 9.26 Å². The number of nitrogen functional groups attached to an aromatic ring is 1. The Morgan fingerprint density at radius 1 is 1.19 bits per heavy atom. The van der Waals surface area contributed by atoms with Crippen molar-refractivity contribution in [1.29, 1.82) is 0 Å². The SMILES string of the molecule is COc1ccccc1-c1c(C2(C)CCCCC2)noc1N. The highest BCUT2D eigenvalue weighted by Crippen LogP contribution is 2.46. The lowest BCUT2D eigenvalue weighted by Crippen LogP contribution is -2.26. The van der Waals surface area contributed by atoms with E-state index in [0.717, 1.165) is 35.4 Å². The van der Waals surface area contributed by atoms with Crippen LogP contribution >= 0.6 is 0 Å². The fourth-order valence-corrected chi connectivity index (χ4v) is 3.40. The van der Waals surface area contributed by atoms with Gasteiger partial charge >= 0.3 is 0 Å². The molecule has 0 aliphatic heterocycles. The molecule has 2 N–H and O–H groups in total. The van der Waals surface area contributed by atoms with Gasteiger partial charge in [-0.1, -0.05) is 49.5 Å². The highest BCUT2D eigenvalue weighted by Gasteiger charge is 2.36. The monoisotopic (exact) mass is 286 g/mol. The molecule has 3 rings (SSSR count). The number of nitrogens with zero attached hydrogens (tertiary/aromatic N) is 1. The molecule has 0 bridgehead atoms. The van der Waals surface area contributed by atoms with E-state index in [0.29, 0.717) is 5.88 Å². The lowest BCUT2D eigenvalue weighted by atomic mass is 9.72. The van der Waals surface area contributed by atoms with Gasteiger partial charge in [-0.25, -0.2) is 0 Å². The summed E-state index contributed by atoms with van der Waals surface area (Å²) in [6, 6.07) is 7.89. The summed E-state index contributed by atoms with van der Waals surface area (Å²) in [7, 11) is 1.67. The summed E-state index contributed by atoms with van der Waals surface area (Å²) in [5, 5.41) is 4.31. The maximum absolute atomic E-state index is 6.08.